The van der Waals surface area contributed by atoms with E-state index in [4.69, 9.17) is 16.3 Å². The third-order valence-electron chi connectivity index (χ3n) is 6.40. The number of rotatable bonds is 8. The summed E-state index contributed by atoms with van der Waals surface area (Å²) in [5.74, 6) is 1.40. The first-order valence-electron chi connectivity index (χ1n) is 11.8. The van der Waals surface area contributed by atoms with Gasteiger partial charge >= 0.3 is 6.18 Å². The molecular formula is C29H25ClF3NO. The number of benzene rings is 2. The zero-order valence-electron chi connectivity index (χ0n) is 19.1. The van der Waals surface area contributed by atoms with E-state index < -0.39 is 11.7 Å². The zero-order chi connectivity index (χ0) is 24.4. The van der Waals surface area contributed by atoms with Crippen LogP contribution in [0.3, 0.4) is 0 Å². The fourth-order valence-electron chi connectivity index (χ4n) is 4.43. The lowest BCUT2D eigenvalue weighted by Crippen LogP contribution is -2.11. The number of alkyl halides is 3. The van der Waals surface area contributed by atoms with Crippen molar-refractivity contribution in [3.05, 3.63) is 117 Å². The highest BCUT2D eigenvalue weighted by atomic mass is 35.5. The molecule has 5 rings (SSSR count). The van der Waals surface area contributed by atoms with E-state index >= 15 is 0 Å². The Bertz CT molecular complexity index is 1240. The molecule has 0 amide bonds. The molecule has 3 aromatic rings. The summed E-state index contributed by atoms with van der Waals surface area (Å²) < 4.78 is 46.5. The normalized spacial score (nSPS) is 16.7. The Labute approximate surface area is 208 Å². The Morgan fingerprint density at radius 3 is 2.46 bits per heavy atom. The van der Waals surface area contributed by atoms with Crippen LogP contribution < -0.4 is 0 Å². The van der Waals surface area contributed by atoms with Gasteiger partial charge in [-0.1, -0.05) is 54.1 Å². The average molecular weight is 496 g/mol. The van der Waals surface area contributed by atoms with Gasteiger partial charge in [0.1, 0.15) is 12.4 Å². The summed E-state index contributed by atoms with van der Waals surface area (Å²) in [4.78, 5) is 4.36. The Morgan fingerprint density at radius 2 is 1.83 bits per heavy atom. The summed E-state index contributed by atoms with van der Waals surface area (Å²) in [5.41, 5.74) is 4.06. The van der Waals surface area contributed by atoms with E-state index in [0.717, 1.165) is 54.2 Å². The van der Waals surface area contributed by atoms with Gasteiger partial charge in [-0.15, -0.1) is 0 Å². The molecule has 6 heteroatoms. The predicted octanol–water partition coefficient (Wildman–Crippen LogP) is 8.60. The summed E-state index contributed by atoms with van der Waals surface area (Å²) in [7, 11) is 0. The zero-order valence-corrected chi connectivity index (χ0v) is 19.8. The van der Waals surface area contributed by atoms with Gasteiger partial charge in [0.05, 0.1) is 10.6 Å². The first-order valence-corrected chi connectivity index (χ1v) is 12.2. The van der Waals surface area contributed by atoms with Gasteiger partial charge in [-0.25, -0.2) is 0 Å². The number of pyridine rings is 1. The van der Waals surface area contributed by atoms with Gasteiger partial charge in [-0.05, 0) is 78.1 Å². The minimum Gasteiger partial charge on any atom is -0.489 e. The summed E-state index contributed by atoms with van der Waals surface area (Å²) in [6, 6.07) is 18.1. The predicted molar refractivity (Wildman–Crippen MR) is 132 cm³/mol. The van der Waals surface area contributed by atoms with Crippen molar-refractivity contribution >= 4 is 17.7 Å². The molecule has 1 atom stereocenters. The van der Waals surface area contributed by atoms with Crippen molar-refractivity contribution in [3.8, 4) is 0 Å². The van der Waals surface area contributed by atoms with Crippen molar-refractivity contribution < 1.29 is 17.9 Å². The van der Waals surface area contributed by atoms with Crippen LogP contribution in [0.15, 0.2) is 90.0 Å². The number of hydrogen-bond acceptors (Lipinski definition) is 2. The monoisotopic (exact) mass is 495 g/mol. The highest BCUT2D eigenvalue weighted by molar-refractivity contribution is 6.31. The lowest BCUT2D eigenvalue weighted by atomic mass is 9.85. The molecule has 1 aromatic heterocycles. The van der Waals surface area contributed by atoms with Crippen LogP contribution in [0, 0.1) is 5.92 Å². The molecule has 0 saturated heterocycles. The van der Waals surface area contributed by atoms with Crippen LogP contribution in [-0.2, 0) is 17.5 Å². The summed E-state index contributed by atoms with van der Waals surface area (Å²) in [6.07, 6.45) is 5.44. The van der Waals surface area contributed by atoms with Crippen molar-refractivity contribution in [1.29, 1.82) is 0 Å². The van der Waals surface area contributed by atoms with Gasteiger partial charge in [0.15, 0.2) is 0 Å². The highest BCUT2D eigenvalue weighted by Gasteiger charge is 2.38. The Hall–Kier alpha value is -3.05. The lowest BCUT2D eigenvalue weighted by Gasteiger charge is -2.24. The summed E-state index contributed by atoms with van der Waals surface area (Å²) in [5, 5.41) is -0.308. The fourth-order valence-corrected chi connectivity index (χ4v) is 4.66. The standard InChI is InChI=1S/C29H25ClF3NO/c30-26-13-8-20(16-25(26)29(31,32)33)18-35-28(22-11-12-22)24(15-19-5-2-1-3-6-19)27(21-9-10-21)23-7-4-14-34-17-23/h1-8,13-17,21,27H,9-12,18H2/b24-15-. The van der Waals surface area contributed by atoms with Crippen molar-refractivity contribution in [1.82, 2.24) is 4.98 Å². The molecule has 180 valence electrons. The SMILES string of the molecule is FC(F)(F)c1cc(COC(=C2CC2)/C(=C\c2ccccc2)C(c2cccnc2)C2CC2)ccc1Cl. The van der Waals surface area contributed by atoms with Gasteiger partial charge in [-0.3, -0.25) is 4.98 Å². The maximum atomic E-state index is 13.4. The van der Waals surface area contributed by atoms with E-state index in [-0.39, 0.29) is 17.5 Å². The minimum absolute atomic E-state index is 0.0373. The third kappa shape index (κ3) is 5.79. The van der Waals surface area contributed by atoms with E-state index in [1.807, 2.05) is 30.5 Å². The van der Waals surface area contributed by atoms with Crippen molar-refractivity contribution in [3.63, 3.8) is 0 Å². The molecule has 2 saturated carbocycles. The lowest BCUT2D eigenvalue weighted by molar-refractivity contribution is -0.137. The number of nitrogens with zero attached hydrogens (tertiary/aromatic N) is 1. The Balaban J connectivity index is 1.51. The second-order valence-electron chi connectivity index (χ2n) is 9.15. The van der Waals surface area contributed by atoms with Crippen LogP contribution in [0.5, 0.6) is 0 Å². The molecule has 2 aliphatic rings. The number of halogens is 4. The Morgan fingerprint density at radius 1 is 1.06 bits per heavy atom. The van der Waals surface area contributed by atoms with Crippen LogP contribution in [0.4, 0.5) is 13.2 Å². The van der Waals surface area contributed by atoms with Gasteiger partial charge < -0.3 is 4.74 Å². The molecule has 1 heterocycles. The van der Waals surface area contributed by atoms with Crippen molar-refractivity contribution in [2.45, 2.75) is 44.4 Å². The molecule has 0 radical (unpaired) electrons. The van der Waals surface area contributed by atoms with E-state index in [1.165, 1.54) is 11.6 Å². The van der Waals surface area contributed by atoms with E-state index in [9.17, 15) is 13.2 Å². The molecule has 2 aromatic carbocycles. The van der Waals surface area contributed by atoms with Crippen LogP contribution in [0.1, 0.15) is 53.9 Å². The smallest absolute Gasteiger partial charge is 0.417 e. The maximum Gasteiger partial charge on any atom is 0.417 e. The van der Waals surface area contributed by atoms with E-state index in [1.54, 1.807) is 12.3 Å². The van der Waals surface area contributed by atoms with Crippen molar-refractivity contribution in [2.24, 2.45) is 5.92 Å². The van der Waals surface area contributed by atoms with Crippen LogP contribution in [-0.4, -0.2) is 4.98 Å². The molecule has 0 bridgehead atoms. The molecular weight excluding hydrogens is 471 g/mol. The molecule has 0 aliphatic heterocycles. The number of hydrogen-bond donors (Lipinski definition) is 0. The average Bonchev–Trinajstić information content (AvgIpc) is 3.76. The maximum absolute atomic E-state index is 13.4. The first kappa shape index (κ1) is 23.7. The van der Waals surface area contributed by atoms with Gasteiger partial charge in [0.2, 0.25) is 0 Å². The number of ether oxygens (including phenoxy) is 1. The summed E-state index contributed by atoms with van der Waals surface area (Å²) in [6.45, 7) is 0.0373. The molecule has 2 aliphatic carbocycles. The van der Waals surface area contributed by atoms with Crippen LogP contribution in [0.2, 0.25) is 5.02 Å². The molecule has 35 heavy (non-hydrogen) atoms. The molecule has 2 nitrogen and oxygen atoms in total. The highest BCUT2D eigenvalue weighted by Crippen LogP contribution is 2.51. The topological polar surface area (TPSA) is 22.1 Å². The number of aromatic nitrogens is 1. The fraction of sp³-hybridized carbons (Fsp3) is 0.276. The van der Waals surface area contributed by atoms with Gasteiger partial charge in [0.25, 0.3) is 0 Å². The van der Waals surface area contributed by atoms with Crippen LogP contribution in [0.25, 0.3) is 6.08 Å². The largest absolute Gasteiger partial charge is 0.489 e. The molecule has 0 spiro atoms. The van der Waals surface area contributed by atoms with E-state index in [2.05, 4.69) is 29.3 Å². The minimum atomic E-state index is -4.51. The number of allylic oxidation sites excluding steroid dienone is 2. The van der Waals surface area contributed by atoms with Crippen LogP contribution >= 0.6 is 11.6 Å². The van der Waals surface area contributed by atoms with Crippen molar-refractivity contribution in [2.75, 3.05) is 0 Å². The second kappa shape index (κ2) is 9.90. The Kier molecular flexibility index (Phi) is 6.70. The van der Waals surface area contributed by atoms with Gasteiger partial charge in [-0.2, -0.15) is 13.2 Å². The van der Waals surface area contributed by atoms with Gasteiger partial charge in [0, 0.05) is 23.9 Å². The third-order valence-corrected chi connectivity index (χ3v) is 6.73. The second-order valence-corrected chi connectivity index (χ2v) is 9.55. The quantitative estimate of drug-likeness (QED) is 0.292. The first-order chi connectivity index (χ1) is 16.9. The molecule has 1 unspecified atom stereocenters. The molecule has 2 fully saturated rings. The van der Waals surface area contributed by atoms with E-state index in [0.29, 0.717) is 11.5 Å². The molecule has 0 N–H and O–H groups in total. The summed E-state index contributed by atoms with van der Waals surface area (Å²) >= 11 is 5.81.